The summed E-state index contributed by atoms with van der Waals surface area (Å²) in [6, 6.07) is 6.80. The van der Waals surface area contributed by atoms with Gasteiger partial charge in [-0.2, -0.15) is 4.31 Å². The molecule has 0 radical (unpaired) electrons. The Labute approximate surface area is 137 Å². The summed E-state index contributed by atoms with van der Waals surface area (Å²) in [7, 11) is -1.69. The fraction of sp³-hybridized carbons (Fsp3) is 0.647. The molecule has 4 bridgehead atoms. The summed E-state index contributed by atoms with van der Waals surface area (Å²) in [6.45, 7) is 0. The van der Waals surface area contributed by atoms with Crippen LogP contribution in [0.5, 0.6) is 0 Å². The number of nitrogens with zero attached hydrogens (tertiary/aromatic N) is 1. The van der Waals surface area contributed by atoms with Gasteiger partial charge in [0, 0.05) is 18.1 Å². The van der Waals surface area contributed by atoms with Crippen molar-refractivity contribution in [2.75, 3.05) is 7.05 Å². The Morgan fingerprint density at radius 3 is 2.18 bits per heavy atom. The summed E-state index contributed by atoms with van der Waals surface area (Å²) in [5.74, 6) is 2.80. The van der Waals surface area contributed by atoms with Crippen LogP contribution in [0.1, 0.15) is 32.1 Å². The molecule has 3 nitrogen and oxygen atoms in total. The zero-order valence-corrected chi connectivity index (χ0v) is 14.4. The summed E-state index contributed by atoms with van der Waals surface area (Å²) >= 11 is 5.98. The Balaban J connectivity index is 1.65. The Bertz CT molecular complexity index is 660. The second kappa shape index (κ2) is 5.22. The van der Waals surface area contributed by atoms with Gasteiger partial charge in [-0.3, -0.25) is 0 Å². The lowest BCUT2D eigenvalue weighted by molar-refractivity contribution is -0.0351. The quantitative estimate of drug-likeness (QED) is 0.840. The van der Waals surface area contributed by atoms with Gasteiger partial charge in [0.2, 0.25) is 10.0 Å². The van der Waals surface area contributed by atoms with Crippen molar-refractivity contribution in [1.82, 2.24) is 4.31 Å². The molecule has 0 N–H and O–H groups in total. The maximum absolute atomic E-state index is 13.0. The third-order valence-corrected chi connectivity index (χ3v) is 8.16. The first-order chi connectivity index (χ1) is 10.4. The van der Waals surface area contributed by atoms with Gasteiger partial charge in [0.25, 0.3) is 0 Å². The first-order valence-electron chi connectivity index (χ1n) is 8.18. The fourth-order valence-corrected chi connectivity index (χ4v) is 7.22. The Kier molecular flexibility index (Phi) is 3.55. The average molecular weight is 340 g/mol. The van der Waals surface area contributed by atoms with Crippen molar-refractivity contribution in [3.8, 4) is 0 Å². The summed E-state index contributed by atoms with van der Waals surface area (Å²) in [5, 5.41) is 0.472. The molecule has 4 aliphatic carbocycles. The van der Waals surface area contributed by atoms with Crippen LogP contribution in [-0.2, 0) is 10.0 Å². The van der Waals surface area contributed by atoms with E-state index in [4.69, 9.17) is 11.6 Å². The van der Waals surface area contributed by atoms with Gasteiger partial charge in [-0.15, -0.1) is 0 Å². The van der Waals surface area contributed by atoms with Crippen molar-refractivity contribution < 1.29 is 8.42 Å². The largest absolute Gasteiger partial charge is 0.243 e. The molecular formula is C17H22ClNO2S. The molecule has 4 fully saturated rings. The highest BCUT2D eigenvalue weighted by Gasteiger charge is 2.51. The predicted octanol–water partition coefficient (Wildman–Crippen LogP) is 3.79. The summed E-state index contributed by atoms with van der Waals surface area (Å²) in [4.78, 5) is 0.316. The standard InChI is InChI=1S/C17H22ClNO2S/c1-19(22(20,21)16-4-2-3-15(18)10-16)17-13-6-11-5-12(8-13)9-14(17)7-11/h2-4,10-14,17H,5-9H2,1H3. The fourth-order valence-electron chi connectivity index (χ4n) is 5.44. The molecule has 4 saturated carbocycles. The predicted molar refractivity (Wildman–Crippen MR) is 87.2 cm³/mol. The van der Waals surface area contributed by atoms with E-state index in [1.165, 1.54) is 32.1 Å². The van der Waals surface area contributed by atoms with E-state index < -0.39 is 10.0 Å². The molecule has 1 aromatic rings. The van der Waals surface area contributed by atoms with E-state index in [2.05, 4.69) is 0 Å². The van der Waals surface area contributed by atoms with Crippen molar-refractivity contribution in [1.29, 1.82) is 0 Å². The highest BCUT2D eigenvalue weighted by atomic mass is 35.5. The van der Waals surface area contributed by atoms with Crippen LogP contribution >= 0.6 is 11.6 Å². The molecule has 0 aromatic heterocycles. The number of benzene rings is 1. The first-order valence-corrected chi connectivity index (χ1v) is 10.0. The van der Waals surface area contributed by atoms with Gasteiger partial charge in [-0.25, -0.2) is 8.42 Å². The van der Waals surface area contributed by atoms with Crippen molar-refractivity contribution >= 4 is 21.6 Å². The Hall–Kier alpha value is -0.580. The Morgan fingerprint density at radius 2 is 1.64 bits per heavy atom. The third kappa shape index (κ3) is 2.31. The van der Waals surface area contributed by atoms with Gasteiger partial charge in [-0.05, 0) is 74.0 Å². The first kappa shape index (κ1) is 15.0. The van der Waals surface area contributed by atoms with Crippen LogP contribution in [0, 0.1) is 23.7 Å². The minimum atomic E-state index is -3.46. The average Bonchev–Trinajstić information content (AvgIpc) is 2.46. The summed E-state index contributed by atoms with van der Waals surface area (Å²) < 4.78 is 27.6. The molecule has 5 rings (SSSR count). The van der Waals surface area contributed by atoms with Crippen LogP contribution in [0.25, 0.3) is 0 Å². The number of halogens is 1. The number of hydrogen-bond acceptors (Lipinski definition) is 2. The van der Waals surface area contributed by atoms with Gasteiger partial charge in [0.05, 0.1) is 4.90 Å². The van der Waals surface area contributed by atoms with Crippen molar-refractivity contribution in [2.45, 2.75) is 43.0 Å². The Morgan fingerprint density at radius 1 is 1.05 bits per heavy atom. The lowest BCUT2D eigenvalue weighted by Crippen LogP contribution is -2.56. The van der Waals surface area contributed by atoms with Gasteiger partial charge in [-0.1, -0.05) is 17.7 Å². The lowest BCUT2D eigenvalue weighted by atomic mass is 9.54. The molecule has 4 aliphatic rings. The van der Waals surface area contributed by atoms with E-state index in [-0.39, 0.29) is 6.04 Å². The van der Waals surface area contributed by atoms with E-state index >= 15 is 0 Å². The van der Waals surface area contributed by atoms with Crippen LogP contribution in [0.3, 0.4) is 0 Å². The second-order valence-electron chi connectivity index (χ2n) is 7.40. The van der Waals surface area contributed by atoms with Crippen molar-refractivity contribution in [2.24, 2.45) is 23.7 Å². The normalized spacial score (nSPS) is 37.0. The molecule has 1 aromatic carbocycles. The van der Waals surface area contributed by atoms with E-state index in [0.717, 1.165) is 11.8 Å². The van der Waals surface area contributed by atoms with Gasteiger partial charge in [0.15, 0.2) is 0 Å². The summed E-state index contributed by atoms with van der Waals surface area (Å²) in [6.07, 6.45) is 6.24. The molecule has 0 atom stereocenters. The molecular weight excluding hydrogens is 318 g/mol. The molecule has 0 amide bonds. The maximum Gasteiger partial charge on any atom is 0.243 e. The van der Waals surface area contributed by atoms with Crippen molar-refractivity contribution in [3.63, 3.8) is 0 Å². The highest BCUT2D eigenvalue weighted by molar-refractivity contribution is 7.89. The SMILES string of the molecule is CN(C1C2CC3CC(C2)CC1C3)S(=O)(=O)c1cccc(Cl)c1. The van der Waals surface area contributed by atoms with E-state index in [1.807, 2.05) is 0 Å². The molecule has 0 heterocycles. The highest BCUT2D eigenvalue weighted by Crippen LogP contribution is 2.55. The third-order valence-electron chi connectivity index (χ3n) is 6.07. The number of hydrogen-bond donors (Lipinski definition) is 0. The minimum Gasteiger partial charge on any atom is -0.207 e. The van der Waals surface area contributed by atoms with Gasteiger partial charge >= 0.3 is 0 Å². The smallest absolute Gasteiger partial charge is 0.207 e. The maximum atomic E-state index is 13.0. The second-order valence-corrected chi connectivity index (χ2v) is 9.83. The minimum absolute atomic E-state index is 0.178. The molecule has 120 valence electrons. The van der Waals surface area contributed by atoms with Gasteiger partial charge < -0.3 is 0 Å². The molecule has 0 spiro atoms. The molecule has 0 unspecified atom stereocenters. The number of rotatable bonds is 3. The molecule has 0 aliphatic heterocycles. The molecule has 0 saturated heterocycles. The van der Waals surface area contributed by atoms with E-state index in [0.29, 0.717) is 21.8 Å². The van der Waals surface area contributed by atoms with E-state index in [1.54, 1.807) is 35.6 Å². The monoisotopic (exact) mass is 339 g/mol. The van der Waals surface area contributed by atoms with Crippen LogP contribution in [0.15, 0.2) is 29.2 Å². The van der Waals surface area contributed by atoms with Crippen LogP contribution < -0.4 is 0 Å². The van der Waals surface area contributed by atoms with Crippen LogP contribution in [0.2, 0.25) is 5.02 Å². The number of sulfonamides is 1. The van der Waals surface area contributed by atoms with Crippen LogP contribution in [-0.4, -0.2) is 25.8 Å². The lowest BCUT2D eigenvalue weighted by Gasteiger charge is -2.56. The van der Waals surface area contributed by atoms with Gasteiger partial charge in [0.1, 0.15) is 0 Å². The molecule has 5 heteroatoms. The zero-order valence-electron chi connectivity index (χ0n) is 12.8. The molecule has 22 heavy (non-hydrogen) atoms. The van der Waals surface area contributed by atoms with Crippen molar-refractivity contribution in [3.05, 3.63) is 29.3 Å². The van der Waals surface area contributed by atoms with Crippen LogP contribution in [0.4, 0.5) is 0 Å². The zero-order chi connectivity index (χ0) is 15.5. The summed E-state index contributed by atoms with van der Waals surface area (Å²) in [5.41, 5.74) is 0. The topological polar surface area (TPSA) is 37.4 Å². The van der Waals surface area contributed by atoms with E-state index in [9.17, 15) is 8.42 Å².